The summed E-state index contributed by atoms with van der Waals surface area (Å²) in [6.45, 7) is 3.22. The van der Waals surface area contributed by atoms with Crippen LogP contribution in [0.1, 0.15) is 23.7 Å². The molecule has 0 fully saturated rings. The first kappa shape index (κ1) is 12.9. The van der Waals surface area contributed by atoms with Gasteiger partial charge in [0.05, 0.1) is 17.5 Å². The summed E-state index contributed by atoms with van der Waals surface area (Å²) < 4.78 is 12.3. The van der Waals surface area contributed by atoms with E-state index in [4.69, 9.17) is 5.26 Å². The van der Waals surface area contributed by atoms with Crippen molar-refractivity contribution in [2.24, 2.45) is 0 Å². The number of rotatable bonds is 3. The Hall–Kier alpha value is -2.21. The van der Waals surface area contributed by atoms with Gasteiger partial charge < -0.3 is 0 Å². The van der Waals surface area contributed by atoms with E-state index < -0.39 is 0 Å². The Morgan fingerprint density at radius 1 is 1.41 bits per heavy atom. The van der Waals surface area contributed by atoms with Gasteiger partial charge in [-0.3, -0.25) is 4.98 Å². The van der Waals surface area contributed by atoms with Crippen molar-refractivity contribution >= 4 is 6.08 Å². The molecule has 1 aromatic rings. The first-order valence-corrected chi connectivity index (χ1v) is 5.17. The molecule has 0 unspecified atom stereocenters. The number of aromatic nitrogens is 1. The number of hydrogen-bond donors (Lipinski definition) is 0. The Balaban J connectivity index is 2.82. The minimum atomic E-state index is -0.246. The summed E-state index contributed by atoms with van der Waals surface area (Å²) in [5.41, 5.74) is 2.15. The Labute approximate surface area is 100 Å². The first-order chi connectivity index (χ1) is 8.13. The highest BCUT2D eigenvalue weighted by atomic mass is 19.1. The summed E-state index contributed by atoms with van der Waals surface area (Å²) >= 11 is 0. The minimum Gasteiger partial charge on any atom is -0.261 e. The highest BCUT2D eigenvalue weighted by Crippen LogP contribution is 2.10. The van der Waals surface area contributed by atoms with Gasteiger partial charge in [0.25, 0.3) is 0 Å². The van der Waals surface area contributed by atoms with Crippen molar-refractivity contribution in [2.45, 2.75) is 13.8 Å². The zero-order valence-corrected chi connectivity index (χ0v) is 9.81. The summed E-state index contributed by atoms with van der Waals surface area (Å²) in [7, 11) is 0. The molecule has 0 bridgehead atoms. The van der Waals surface area contributed by atoms with Crippen LogP contribution in [0.25, 0.3) is 6.08 Å². The van der Waals surface area contributed by atoms with Crippen LogP contribution in [0.3, 0.4) is 0 Å². The van der Waals surface area contributed by atoms with E-state index in [2.05, 4.69) is 11.1 Å². The van der Waals surface area contributed by atoms with E-state index >= 15 is 0 Å². The van der Waals surface area contributed by atoms with Crippen LogP contribution in [0.2, 0.25) is 0 Å². The highest BCUT2D eigenvalue weighted by molar-refractivity contribution is 5.58. The fourth-order valence-corrected chi connectivity index (χ4v) is 1.21. The molecule has 0 saturated carbocycles. The Kier molecular flexibility index (Phi) is 4.83. The molecule has 2 nitrogen and oxygen atoms in total. The van der Waals surface area contributed by atoms with Gasteiger partial charge in [-0.05, 0) is 26.0 Å². The van der Waals surface area contributed by atoms with Crippen LogP contribution >= 0.6 is 0 Å². The molecule has 0 aliphatic carbocycles. The molecule has 0 aliphatic heterocycles. The molecule has 0 saturated heterocycles. The molecule has 1 rings (SSSR count). The van der Waals surface area contributed by atoms with Gasteiger partial charge in [0.15, 0.2) is 0 Å². The maximum atomic E-state index is 12.3. The molecule has 86 valence electrons. The van der Waals surface area contributed by atoms with E-state index in [0.29, 0.717) is 5.56 Å². The molecule has 17 heavy (non-hydrogen) atoms. The largest absolute Gasteiger partial charge is 0.261 e. The van der Waals surface area contributed by atoms with E-state index in [9.17, 15) is 4.39 Å². The fraction of sp³-hybridized carbons (Fsp3) is 0.143. The number of nitriles is 1. The van der Waals surface area contributed by atoms with E-state index in [1.807, 2.05) is 6.92 Å². The van der Waals surface area contributed by atoms with Crippen molar-refractivity contribution < 1.29 is 4.39 Å². The number of nitrogens with zero attached hydrogens (tertiary/aromatic N) is 2. The summed E-state index contributed by atoms with van der Waals surface area (Å²) in [5, 5.41) is 8.93. The Morgan fingerprint density at radius 2 is 2.18 bits per heavy atom. The van der Waals surface area contributed by atoms with Crippen molar-refractivity contribution in [3.8, 4) is 6.07 Å². The molecule has 0 spiro atoms. The Morgan fingerprint density at radius 3 is 2.82 bits per heavy atom. The van der Waals surface area contributed by atoms with Gasteiger partial charge in [-0.2, -0.15) is 5.26 Å². The van der Waals surface area contributed by atoms with Crippen molar-refractivity contribution in [1.82, 2.24) is 4.98 Å². The molecule has 0 aromatic carbocycles. The molecule has 0 aliphatic rings. The van der Waals surface area contributed by atoms with Crippen LogP contribution in [-0.4, -0.2) is 4.98 Å². The first-order valence-electron chi connectivity index (χ1n) is 5.17. The molecule has 1 heterocycles. The normalized spacial score (nSPS) is 12.2. The number of aryl methyl sites for hydroxylation is 1. The van der Waals surface area contributed by atoms with E-state index in [1.165, 1.54) is 13.0 Å². The number of pyridine rings is 1. The quantitative estimate of drug-likeness (QED) is 0.739. The van der Waals surface area contributed by atoms with Crippen molar-refractivity contribution in [2.75, 3.05) is 0 Å². The second-order valence-electron chi connectivity index (χ2n) is 3.52. The van der Waals surface area contributed by atoms with Crippen LogP contribution in [0.15, 0.2) is 42.4 Å². The van der Waals surface area contributed by atoms with Crippen molar-refractivity contribution in [3.05, 3.63) is 59.2 Å². The number of allylic oxidation sites excluding steroid dienone is 5. The zero-order chi connectivity index (χ0) is 12.7. The average Bonchev–Trinajstić information content (AvgIpc) is 2.29. The third-order valence-electron chi connectivity index (χ3n) is 2.02. The maximum Gasteiger partial charge on any atom is 0.0999 e. The number of hydrogen-bond acceptors (Lipinski definition) is 2. The molecule has 0 radical (unpaired) electrons. The summed E-state index contributed by atoms with van der Waals surface area (Å²) in [6.07, 6.45) is 9.82. The minimum absolute atomic E-state index is 0.246. The van der Waals surface area contributed by atoms with Crippen LogP contribution in [0.5, 0.6) is 0 Å². The third kappa shape index (κ3) is 4.43. The molecular formula is C14H13FN2. The second kappa shape index (κ2) is 6.39. The van der Waals surface area contributed by atoms with Crippen LogP contribution in [0.4, 0.5) is 4.39 Å². The third-order valence-corrected chi connectivity index (χ3v) is 2.02. The molecular weight excluding hydrogens is 215 g/mol. The van der Waals surface area contributed by atoms with Crippen LogP contribution in [-0.2, 0) is 0 Å². The lowest BCUT2D eigenvalue weighted by Crippen LogP contribution is -1.87. The lowest BCUT2D eigenvalue weighted by Gasteiger charge is -1.97. The SMILES string of the molecule is C\C(F)=C/C=C\C=C\c1cnc(C)cc1C#N. The van der Waals surface area contributed by atoms with Crippen LogP contribution in [0, 0.1) is 18.3 Å². The monoisotopic (exact) mass is 228 g/mol. The molecule has 3 heteroatoms. The molecule has 1 aromatic heterocycles. The van der Waals surface area contributed by atoms with Gasteiger partial charge in [-0.25, -0.2) is 4.39 Å². The van der Waals surface area contributed by atoms with Gasteiger partial charge in [0, 0.05) is 17.5 Å². The lowest BCUT2D eigenvalue weighted by molar-refractivity contribution is 0.640. The molecule has 0 amide bonds. The second-order valence-corrected chi connectivity index (χ2v) is 3.52. The van der Waals surface area contributed by atoms with Gasteiger partial charge >= 0.3 is 0 Å². The number of halogens is 1. The average molecular weight is 228 g/mol. The van der Waals surface area contributed by atoms with Crippen molar-refractivity contribution in [3.63, 3.8) is 0 Å². The summed E-state index contributed by atoms with van der Waals surface area (Å²) in [4.78, 5) is 4.12. The summed E-state index contributed by atoms with van der Waals surface area (Å²) in [6, 6.07) is 3.84. The van der Waals surface area contributed by atoms with Crippen molar-refractivity contribution in [1.29, 1.82) is 5.26 Å². The molecule has 0 N–H and O–H groups in total. The van der Waals surface area contributed by atoms with Gasteiger partial charge in [0.2, 0.25) is 0 Å². The topological polar surface area (TPSA) is 36.7 Å². The van der Waals surface area contributed by atoms with E-state index in [1.54, 1.807) is 36.6 Å². The predicted molar refractivity (Wildman–Crippen MR) is 66.7 cm³/mol. The lowest BCUT2D eigenvalue weighted by atomic mass is 10.1. The van der Waals surface area contributed by atoms with Gasteiger partial charge in [0.1, 0.15) is 0 Å². The van der Waals surface area contributed by atoms with E-state index in [-0.39, 0.29) is 5.83 Å². The fourth-order valence-electron chi connectivity index (χ4n) is 1.21. The molecule has 0 atom stereocenters. The highest BCUT2D eigenvalue weighted by Gasteiger charge is 1.98. The van der Waals surface area contributed by atoms with Gasteiger partial charge in [-0.15, -0.1) is 0 Å². The van der Waals surface area contributed by atoms with Gasteiger partial charge in [-0.1, -0.05) is 24.3 Å². The summed E-state index contributed by atoms with van der Waals surface area (Å²) in [5.74, 6) is -0.246. The smallest absolute Gasteiger partial charge is 0.0999 e. The maximum absolute atomic E-state index is 12.3. The standard InChI is InChI=1S/C14H13FN2/c1-11(15)6-4-3-5-7-13-10-17-12(2)8-14(13)9-16/h3-8,10H,1-2H3/b4-3-,7-5+,11-6+. The van der Waals surface area contributed by atoms with Crippen LogP contribution < -0.4 is 0 Å². The van der Waals surface area contributed by atoms with E-state index in [0.717, 1.165) is 11.3 Å². The Bertz CT molecular complexity index is 516. The predicted octanol–water partition coefficient (Wildman–Crippen LogP) is 3.70. The zero-order valence-electron chi connectivity index (χ0n) is 9.81.